The summed E-state index contributed by atoms with van der Waals surface area (Å²) in [7, 11) is 0. The Morgan fingerprint density at radius 1 is 0.209 bits per heavy atom. The van der Waals surface area contributed by atoms with Gasteiger partial charge in [0.05, 0.1) is 20.4 Å². The molecule has 8 heteroatoms. The van der Waals surface area contributed by atoms with E-state index in [-0.39, 0.29) is 0 Å². The highest BCUT2D eigenvalue weighted by Gasteiger charge is 2.22. The van der Waals surface area contributed by atoms with E-state index >= 15 is 0 Å². The van der Waals surface area contributed by atoms with Gasteiger partial charge in [-0.2, -0.15) is 0 Å². The number of benzene rings is 17. The molecule has 21 rings (SSSR count). The smallest absolute Gasteiger partial charge is 0.137 e. The molecule has 516 valence electrons. The molecule has 6 nitrogen and oxygen atoms in total. The van der Waals surface area contributed by atoms with Crippen LogP contribution in [-0.2, 0) is 0 Å². The van der Waals surface area contributed by atoms with Gasteiger partial charge in [-0.3, -0.25) is 0 Å². The van der Waals surface area contributed by atoms with Gasteiger partial charge in [0.15, 0.2) is 0 Å². The molecule has 0 amide bonds. The highest BCUT2D eigenvalue weighted by Crippen LogP contribution is 2.47. The fourth-order valence-electron chi connectivity index (χ4n) is 15.8. The normalized spacial score (nSPS) is 11.6. The summed E-state index contributed by atoms with van der Waals surface area (Å²) in [6.07, 6.45) is 0. The van der Waals surface area contributed by atoms with E-state index in [4.69, 9.17) is 18.8 Å². The second-order valence-corrected chi connectivity index (χ2v) is 30.0. The van der Waals surface area contributed by atoms with E-state index in [0.717, 1.165) is 175 Å². The molecular formula is C102H64N4O2S2. The third-order valence-corrected chi connectivity index (χ3v) is 23.7. The SMILES string of the molecule is c1ccc(-c2ccc(N(c3ccc(-c4ccc5c(c4)oc4ccc6nc(-c7cccc(-c8ccc(-c9ccc(-c%10cccc(N(c%11ccccc%11)c%11ccc(-c%12ccc%13c(c%12)oc%12ccc%14nc(-c%15ccccc%15)sc%14c%12%13)cc%11)c%10)cc9)cc8)c7)sc6c45)cc3)c3ccc(-c4cccc5ccccc45)cc3)cc2)cc1. The molecular weight excluding hydrogens is 1380 g/mol. The van der Waals surface area contributed by atoms with Crippen LogP contribution in [0.3, 0.4) is 0 Å². The van der Waals surface area contributed by atoms with Crippen molar-refractivity contribution >= 4 is 132 Å². The highest BCUT2D eigenvalue weighted by atomic mass is 32.1. The lowest BCUT2D eigenvalue weighted by atomic mass is 9.97. The number of nitrogens with zero attached hydrogens (tertiary/aromatic N) is 4. The second kappa shape index (κ2) is 27.1. The first kappa shape index (κ1) is 64.4. The van der Waals surface area contributed by atoms with E-state index < -0.39 is 0 Å². The van der Waals surface area contributed by atoms with Gasteiger partial charge in [0.25, 0.3) is 0 Å². The summed E-state index contributed by atoms with van der Waals surface area (Å²) in [5.41, 5.74) is 30.1. The maximum atomic E-state index is 6.71. The number of fused-ring (bicyclic) bond motifs is 11. The van der Waals surface area contributed by atoms with Gasteiger partial charge in [0.1, 0.15) is 32.3 Å². The largest absolute Gasteiger partial charge is 0.456 e. The third-order valence-electron chi connectivity index (χ3n) is 21.4. The summed E-state index contributed by atoms with van der Waals surface area (Å²) in [6.45, 7) is 0. The van der Waals surface area contributed by atoms with Crippen LogP contribution in [0.15, 0.2) is 397 Å². The van der Waals surface area contributed by atoms with E-state index in [0.29, 0.717) is 0 Å². The zero-order valence-electron chi connectivity index (χ0n) is 59.4. The Morgan fingerprint density at radius 2 is 0.545 bits per heavy atom. The maximum absolute atomic E-state index is 6.71. The van der Waals surface area contributed by atoms with Crippen LogP contribution >= 0.6 is 22.7 Å². The van der Waals surface area contributed by atoms with Crippen molar-refractivity contribution in [1.82, 2.24) is 9.97 Å². The third kappa shape index (κ3) is 11.7. The number of hydrogen-bond acceptors (Lipinski definition) is 8. The van der Waals surface area contributed by atoms with Crippen LogP contribution in [0, 0.1) is 0 Å². The average Bonchev–Trinajstić information content (AvgIpc) is 1.59. The van der Waals surface area contributed by atoms with Gasteiger partial charge >= 0.3 is 0 Å². The number of para-hydroxylation sites is 1. The van der Waals surface area contributed by atoms with E-state index in [1.807, 2.05) is 6.07 Å². The maximum Gasteiger partial charge on any atom is 0.137 e. The number of hydrogen-bond donors (Lipinski definition) is 0. The van der Waals surface area contributed by atoms with Crippen molar-refractivity contribution in [2.75, 3.05) is 9.80 Å². The van der Waals surface area contributed by atoms with Crippen molar-refractivity contribution in [2.45, 2.75) is 0 Å². The molecule has 0 N–H and O–H groups in total. The summed E-state index contributed by atoms with van der Waals surface area (Å²) in [5, 5.41) is 8.85. The Kier molecular flexibility index (Phi) is 15.9. The van der Waals surface area contributed by atoms with Crippen LogP contribution < -0.4 is 9.80 Å². The molecule has 0 saturated carbocycles. The van der Waals surface area contributed by atoms with Crippen LogP contribution in [0.2, 0.25) is 0 Å². The predicted molar refractivity (Wildman–Crippen MR) is 463 cm³/mol. The Labute approximate surface area is 643 Å². The quantitative estimate of drug-likeness (QED) is 0.102. The van der Waals surface area contributed by atoms with Crippen LogP contribution in [-0.4, -0.2) is 9.97 Å². The van der Waals surface area contributed by atoms with E-state index in [2.05, 4.69) is 392 Å². The minimum absolute atomic E-state index is 0.847. The van der Waals surface area contributed by atoms with E-state index in [9.17, 15) is 0 Å². The van der Waals surface area contributed by atoms with Gasteiger partial charge in [-0.25, -0.2) is 9.97 Å². The van der Waals surface area contributed by atoms with Gasteiger partial charge in [0, 0.05) is 66.8 Å². The first-order chi connectivity index (χ1) is 54.4. The van der Waals surface area contributed by atoms with Crippen molar-refractivity contribution < 1.29 is 8.83 Å². The van der Waals surface area contributed by atoms with Crippen molar-refractivity contribution in [2.24, 2.45) is 0 Å². The van der Waals surface area contributed by atoms with E-state index in [1.165, 1.54) is 33.0 Å². The monoisotopic (exact) mass is 1440 g/mol. The predicted octanol–water partition coefficient (Wildman–Crippen LogP) is 29.8. The molecule has 0 unspecified atom stereocenters. The molecule has 0 atom stereocenters. The molecule has 4 aromatic heterocycles. The van der Waals surface area contributed by atoms with Gasteiger partial charge < -0.3 is 18.6 Å². The number of rotatable bonds is 15. The lowest BCUT2D eigenvalue weighted by Gasteiger charge is -2.26. The molecule has 0 aliphatic heterocycles. The molecule has 17 aromatic carbocycles. The molecule has 0 saturated heterocycles. The molecule has 110 heavy (non-hydrogen) atoms. The Hall–Kier alpha value is -14.0. The molecule has 0 bridgehead atoms. The fourth-order valence-corrected chi connectivity index (χ4v) is 18.1. The second-order valence-electron chi connectivity index (χ2n) is 28.0. The first-order valence-corrected chi connectivity index (χ1v) is 38.7. The van der Waals surface area contributed by atoms with Crippen molar-refractivity contribution in [3.05, 3.63) is 388 Å². The molecule has 0 spiro atoms. The minimum Gasteiger partial charge on any atom is -0.456 e. The van der Waals surface area contributed by atoms with Gasteiger partial charge in [-0.15, -0.1) is 22.7 Å². The van der Waals surface area contributed by atoms with Crippen LogP contribution in [0.1, 0.15) is 0 Å². The molecule has 0 aliphatic rings. The fraction of sp³-hybridized carbons (Fsp3) is 0. The van der Waals surface area contributed by atoms with Crippen molar-refractivity contribution in [3.63, 3.8) is 0 Å². The molecule has 0 fully saturated rings. The summed E-state index contributed by atoms with van der Waals surface area (Å²) >= 11 is 3.44. The van der Waals surface area contributed by atoms with Crippen molar-refractivity contribution in [1.29, 1.82) is 0 Å². The first-order valence-electron chi connectivity index (χ1n) is 37.0. The lowest BCUT2D eigenvalue weighted by Crippen LogP contribution is -2.09. The number of aromatic nitrogens is 2. The lowest BCUT2D eigenvalue weighted by molar-refractivity contribution is 0.669. The number of thiazole rings is 2. The van der Waals surface area contributed by atoms with Gasteiger partial charge in [0.2, 0.25) is 0 Å². The Morgan fingerprint density at radius 3 is 1.06 bits per heavy atom. The van der Waals surface area contributed by atoms with Gasteiger partial charge in [-0.1, -0.05) is 261 Å². The average molecular weight is 1440 g/mol. The summed E-state index contributed by atoms with van der Waals surface area (Å²) in [5.74, 6) is 0. The molecule has 0 aliphatic carbocycles. The van der Waals surface area contributed by atoms with Crippen LogP contribution in [0.4, 0.5) is 34.1 Å². The van der Waals surface area contributed by atoms with Crippen LogP contribution in [0.25, 0.3) is 174 Å². The standard InChI is InChI=1S/C102H64N4O2S2/c1-4-15-65(16-5-1)68-37-47-82(48-38-68)105(84-53-43-74(44-54-84)88-28-14-20-73-17-10-11-27-87(73)88)83-49-39-71(40-50-83)78-46-56-90-96(63-78)108-94-60-58-92-100(98(90)94)110-102(104-92)80-23-12-21-76(61-80)69-33-29-66(30-34-69)67-31-35-70(36-32-67)77-22-13-26-86(62-77)106(81-24-8-3-9-25-81)85-51-41-72(42-52-85)79-45-55-89-95(64-79)107-93-59-57-91-99(97(89)93)109-101(103-91)75-18-6-2-7-19-75/h1-64H. The molecule has 21 aromatic rings. The topological polar surface area (TPSA) is 58.5 Å². The Balaban J connectivity index is 0.511. The molecule has 4 heterocycles. The zero-order chi connectivity index (χ0) is 72.6. The highest BCUT2D eigenvalue weighted by molar-refractivity contribution is 7.23. The zero-order valence-corrected chi connectivity index (χ0v) is 61.0. The summed E-state index contributed by atoms with van der Waals surface area (Å²) < 4.78 is 15.5. The minimum atomic E-state index is 0.847. The van der Waals surface area contributed by atoms with E-state index in [1.54, 1.807) is 22.7 Å². The number of anilines is 6. The number of furan rings is 2. The molecule has 0 radical (unpaired) electrons. The van der Waals surface area contributed by atoms with Gasteiger partial charge in [-0.05, 0) is 216 Å². The van der Waals surface area contributed by atoms with Crippen LogP contribution in [0.5, 0.6) is 0 Å². The summed E-state index contributed by atoms with van der Waals surface area (Å²) in [4.78, 5) is 14.9. The summed E-state index contributed by atoms with van der Waals surface area (Å²) in [6, 6.07) is 139. The Bertz CT molecular complexity index is 7030. The van der Waals surface area contributed by atoms with Crippen molar-refractivity contribution in [3.8, 4) is 99.0 Å².